The lowest BCUT2D eigenvalue weighted by molar-refractivity contribution is 0.0703. The third-order valence-corrected chi connectivity index (χ3v) is 3.86. The highest BCUT2D eigenvalue weighted by Crippen LogP contribution is 2.17. The van der Waals surface area contributed by atoms with Crippen LogP contribution in [0.4, 0.5) is 0 Å². The molecule has 4 unspecified atom stereocenters. The number of ether oxygens (including phenoxy) is 2. The van der Waals surface area contributed by atoms with Crippen molar-refractivity contribution in [2.24, 2.45) is 5.92 Å². The lowest BCUT2D eigenvalue weighted by Gasteiger charge is -2.29. The van der Waals surface area contributed by atoms with Crippen LogP contribution in [0.5, 0.6) is 0 Å². The van der Waals surface area contributed by atoms with Crippen molar-refractivity contribution in [3.05, 3.63) is 0 Å². The van der Waals surface area contributed by atoms with Crippen LogP contribution in [0.15, 0.2) is 0 Å². The summed E-state index contributed by atoms with van der Waals surface area (Å²) in [7, 11) is 0. The predicted molar refractivity (Wildman–Crippen MR) is 68.2 cm³/mol. The van der Waals surface area contributed by atoms with Crippen molar-refractivity contribution in [2.75, 3.05) is 33.0 Å². The highest BCUT2D eigenvalue weighted by atomic mass is 16.5. The summed E-state index contributed by atoms with van der Waals surface area (Å²) in [5, 5.41) is 7.20. The maximum atomic E-state index is 5.48. The molecule has 0 bridgehead atoms. The summed E-state index contributed by atoms with van der Waals surface area (Å²) in [5.74, 6) is 0.688. The van der Waals surface area contributed by atoms with Crippen molar-refractivity contribution in [2.45, 2.75) is 44.8 Å². The fraction of sp³-hybridized carbons (Fsp3) is 1.00. The third kappa shape index (κ3) is 4.21. The lowest BCUT2D eigenvalue weighted by atomic mass is 9.98. The zero-order valence-corrected chi connectivity index (χ0v) is 11.1. The SMILES string of the molecule is CC(CC1COCCN1)NC(C)C1CCOC1. The van der Waals surface area contributed by atoms with Gasteiger partial charge in [0.1, 0.15) is 0 Å². The van der Waals surface area contributed by atoms with Gasteiger partial charge < -0.3 is 20.1 Å². The van der Waals surface area contributed by atoms with Gasteiger partial charge in [-0.1, -0.05) is 0 Å². The minimum Gasteiger partial charge on any atom is -0.381 e. The summed E-state index contributed by atoms with van der Waals surface area (Å²) in [6.45, 7) is 9.10. The van der Waals surface area contributed by atoms with Crippen LogP contribution in [0.1, 0.15) is 26.7 Å². The van der Waals surface area contributed by atoms with Gasteiger partial charge in [0.2, 0.25) is 0 Å². The summed E-state index contributed by atoms with van der Waals surface area (Å²) in [5.41, 5.74) is 0. The molecule has 0 aromatic rings. The van der Waals surface area contributed by atoms with Crippen LogP contribution in [0.25, 0.3) is 0 Å². The Morgan fingerprint density at radius 3 is 2.71 bits per heavy atom. The highest BCUT2D eigenvalue weighted by molar-refractivity contribution is 4.81. The van der Waals surface area contributed by atoms with Crippen molar-refractivity contribution in [1.82, 2.24) is 10.6 Å². The minimum absolute atomic E-state index is 0.512. The fourth-order valence-corrected chi connectivity index (χ4v) is 2.80. The Balaban J connectivity index is 1.66. The third-order valence-electron chi connectivity index (χ3n) is 3.86. The molecule has 0 aromatic carbocycles. The molecule has 4 heteroatoms. The van der Waals surface area contributed by atoms with Gasteiger partial charge in [-0.15, -0.1) is 0 Å². The maximum absolute atomic E-state index is 5.48. The second kappa shape index (κ2) is 6.69. The van der Waals surface area contributed by atoms with Crippen LogP contribution < -0.4 is 10.6 Å². The summed E-state index contributed by atoms with van der Waals surface area (Å²) in [6.07, 6.45) is 2.34. The van der Waals surface area contributed by atoms with E-state index in [1.165, 1.54) is 6.42 Å². The minimum atomic E-state index is 0.512. The topological polar surface area (TPSA) is 42.5 Å². The summed E-state index contributed by atoms with van der Waals surface area (Å²) in [4.78, 5) is 0. The number of hydrogen-bond donors (Lipinski definition) is 2. The Morgan fingerprint density at radius 1 is 1.24 bits per heavy atom. The van der Waals surface area contributed by atoms with Crippen LogP contribution in [-0.2, 0) is 9.47 Å². The molecule has 0 amide bonds. The number of rotatable bonds is 5. The lowest BCUT2D eigenvalue weighted by Crippen LogP contribution is -2.47. The Kier molecular flexibility index (Phi) is 5.22. The molecule has 17 heavy (non-hydrogen) atoms. The first kappa shape index (κ1) is 13.3. The molecule has 2 N–H and O–H groups in total. The van der Waals surface area contributed by atoms with E-state index in [9.17, 15) is 0 Å². The quantitative estimate of drug-likeness (QED) is 0.747. The normalized spacial score (nSPS) is 33.5. The van der Waals surface area contributed by atoms with E-state index in [-0.39, 0.29) is 0 Å². The second-order valence-electron chi connectivity index (χ2n) is 5.44. The van der Waals surface area contributed by atoms with Gasteiger partial charge in [0, 0.05) is 31.3 Å². The predicted octanol–water partition coefficient (Wildman–Crippen LogP) is 0.768. The van der Waals surface area contributed by atoms with Crippen molar-refractivity contribution < 1.29 is 9.47 Å². The average molecular weight is 242 g/mol. The molecule has 0 spiro atoms. The highest BCUT2D eigenvalue weighted by Gasteiger charge is 2.24. The summed E-state index contributed by atoms with van der Waals surface area (Å²) >= 11 is 0. The molecule has 2 saturated heterocycles. The maximum Gasteiger partial charge on any atom is 0.0620 e. The van der Waals surface area contributed by atoms with Gasteiger partial charge in [-0.3, -0.25) is 0 Å². The summed E-state index contributed by atoms with van der Waals surface area (Å²) in [6, 6.07) is 1.60. The first-order valence-corrected chi connectivity index (χ1v) is 6.90. The van der Waals surface area contributed by atoms with Crippen LogP contribution in [0.3, 0.4) is 0 Å². The van der Waals surface area contributed by atoms with Crippen molar-refractivity contribution in [3.8, 4) is 0 Å². The molecule has 4 atom stereocenters. The standard InChI is InChI=1S/C13H26N2O2/c1-10(7-13-9-17-6-4-14-13)15-11(2)12-3-5-16-8-12/h10-15H,3-9H2,1-2H3. The molecule has 2 aliphatic heterocycles. The van der Waals surface area contributed by atoms with Crippen molar-refractivity contribution in [3.63, 3.8) is 0 Å². The molecule has 2 rings (SSSR count). The van der Waals surface area contributed by atoms with E-state index in [2.05, 4.69) is 24.5 Å². The number of nitrogens with one attached hydrogen (secondary N) is 2. The Labute approximate surface area is 104 Å². The number of morpholine rings is 1. The molecule has 0 aliphatic carbocycles. The first-order valence-electron chi connectivity index (χ1n) is 6.90. The van der Waals surface area contributed by atoms with Crippen molar-refractivity contribution in [1.29, 1.82) is 0 Å². The molecular weight excluding hydrogens is 216 g/mol. The van der Waals surface area contributed by atoms with E-state index in [0.29, 0.717) is 24.0 Å². The first-order chi connectivity index (χ1) is 8.25. The van der Waals surface area contributed by atoms with E-state index in [4.69, 9.17) is 9.47 Å². The van der Waals surface area contributed by atoms with E-state index in [0.717, 1.165) is 39.4 Å². The van der Waals surface area contributed by atoms with Crippen LogP contribution in [0.2, 0.25) is 0 Å². The van der Waals surface area contributed by atoms with Crippen molar-refractivity contribution >= 4 is 0 Å². The zero-order chi connectivity index (χ0) is 12.1. The molecule has 2 fully saturated rings. The molecular formula is C13H26N2O2. The smallest absolute Gasteiger partial charge is 0.0620 e. The van der Waals surface area contributed by atoms with E-state index < -0.39 is 0 Å². The number of hydrogen-bond acceptors (Lipinski definition) is 4. The fourth-order valence-electron chi connectivity index (χ4n) is 2.80. The summed E-state index contributed by atoms with van der Waals surface area (Å²) < 4.78 is 10.9. The zero-order valence-electron chi connectivity index (χ0n) is 11.1. The molecule has 0 radical (unpaired) electrons. The van der Waals surface area contributed by atoms with Crippen LogP contribution in [0, 0.1) is 5.92 Å². The molecule has 100 valence electrons. The monoisotopic (exact) mass is 242 g/mol. The Morgan fingerprint density at radius 2 is 2.06 bits per heavy atom. The van der Waals surface area contributed by atoms with Gasteiger partial charge in [-0.25, -0.2) is 0 Å². The second-order valence-corrected chi connectivity index (χ2v) is 5.44. The Hall–Kier alpha value is -0.160. The van der Waals surface area contributed by atoms with Gasteiger partial charge >= 0.3 is 0 Å². The molecule has 2 heterocycles. The van der Waals surface area contributed by atoms with E-state index >= 15 is 0 Å². The Bertz CT molecular complexity index is 213. The average Bonchev–Trinajstić information content (AvgIpc) is 2.83. The van der Waals surface area contributed by atoms with Gasteiger partial charge in [0.15, 0.2) is 0 Å². The van der Waals surface area contributed by atoms with Gasteiger partial charge in [0.05, 0.1) is 19.8 Å². The molecule has 0 saturated carbocycles. The molecule has 2 aliphatic rings. The van der Waals surface area contributed by atoms with Gasteiger partial charge in [-0.2, -0.15) is 0 Å². The van der Waals surface area contributed by atoms with Crippen LogP contribution in [-0.4, -0.2) is 51.1 Å². The van der Waals surface area contributed by atoms with E-state index in [1.54, 1.807) is 0 Å². The van der Waals surface area contributed by atoms with Gasteiger partial charge in [0.25, 0.3) is 0 Å². The van der Waals surface area contributed by atoms with Crippen LogP contribution >= 0.6 is 0 Å². The van der Waals surface area contributed by atoms with E-state index in [1.807, 2.05) is 0 Å². The largest absolute Gasteiger partial charge is 0.381 e. The van der Waals surface area contributed by atoms with Gasteiger partial charge in [-0.05, 0) is 32.6 Å². The molecule has 0 aromatic heterocycles. The molecule has 4 nitrogen and oxygen atoms in total.